The lowest BCUT2D eigenvalue weighted by atomic mass is 10.3. The van der Waals surface area contributed by atoms with Crippen molar-refractivity contribution in [2.24, 2.45) is 7.05 Å². The average Bonchev–Trinajstić information content (AvgIpc) is 2.28. The normalized spacial score (nSPS) is 10.4. The Bertz CT molecular complexity index is 594. The van der Waals surface area contributed by atoms with Crippen molar-refractivity contribution in [1.29, 1.82) is 0 Å². The van der Waals surface area contributed by atoms with Gasteiger partial charge in [0.1, 0.15) is 0 Å². The summed E-state index contributed by atoms with van der Waals surface area (Å²) >= 11 is 3.14. The van der Waals surface area contributed by atoms with Gasteiger partial charge in [-0.2, -0.15) is 0 Å². The van der Waals surface area contributed by atoms with Crippen molar-refractivity contribution in [2.75, 3.05) is 0 Å². The third-order valence-corrected chi connectivity index (χ3v) is 2.77. The number of halogens is 1. The zero-order valence-electron chi connectivity index (χ0n) is 8.55. The van der Waals surface area contributed by atoms with Gasteiger partial charge in [-0.05, 0) is 28.1 Å². The Labute approximate surface area is 99.9 Å². The van der Waals surface area contributed by atoms with Crippen LogP contribution in [0.4, 0.5) is 0 Å². The molecule has 1 aromatic heterocycles. The highest BCUT2D eigenvalue weighted by Gasteiger charge is 2.08. The Kier molecular flexibility index (Phi) is 2.78. The minimum absolute atomic E-state index is 0.352. The molecule has 0 aliphatic carbocycles. The van der Waals surface area contributed by atoms with E-state index in [1.807, 2.05) is 6.07 Å². The first-order chi connectivity index (χ1) is 7.61. The van der Waals surface area contributed by atoms with E-state index in [9.17, 15) is 9.59 Å². The molecule has 0 unspecified atom stereocenters. The number of para-hydroxylation sites is 1. The Morgan fingerprint density at radius 2 is 1.75 bits per heavy atom. The molecule has 0 saturated heterocycles. The minimum Gasteiger partial charge on any atom is -0.302 e. The summed E-state index contributed by atoms with van der Waals surface area (Å²) in [6, 6.07) is 8.83. The van der Waals surface area contributed by atoms with E-state index in [0.29, 0.717) is 10.2 Å². The number of nitrogens with zero attached hydrogens (tertiary/aromatic N) is 2. The van der Waals surface area contributed by atoms with Crippen molar-refractivity contribution in [3.8, 4) is 5.69 Å². The molecule has 2 rings (SSSR count). The maximum atomic E-state index is 11.8. The molecule has 0 aliphatic heterocycles. The number of rotatable bonds is 1. The van der Waals surface area contributed by atoms with Gasteiger partial charge in [0.05, 0.1) is 10.2 Å². The predicted molar refractivity (Wildman–Crippen MR) is 65.0 cm³/mol. The van der Waals surface area contributed by atoms with E-state index in [0.717, 1.165) is 4.57 Å². The van der Waals surface area contributed by atoms with Crippen LogP contribution in [0.15, 0.2) is 50.6 Å². The number of aromatic nitrogens is 2. The number of benzene rings is 1. The highest BCUT2D eigenvalue weighted by atomic mass is 79.9. The quantitative estimate of drug-likeness (QED) is 0.790. The van der Waals surface area contributed by atoms with E-state index in [1.54, 1.807) is 31.3 Å². The molecule has 0 bridgehead atoms. The zero-order valence-corrected chi connectivity index (χ0v) is 10.1. The number of hydrogen-bond acceptors (Lipinski definition) is 2. The van der Waals surface area contributed by atoms with E-state index in [-0.39, 0.29) is 11.2 Å². The van der Waals surface area contributed by atoms with Gasteiger partial charge in [-0.1, -0.05) is 18.2 Å². The molecular weight excluding hydrogens is 272 g/mol. The van der Waals surface area contributed by atoms with Gasteiger partial charge in [-0.25, -0.2) is 9.36 Å². The molecule has 4 nitrogen and oxygen atoms in total. The van der Waals surface area contributed by atoms with Crippen LogP contribution < -0.4 is 11.2 Å². The van der Waals surface area contributed by atoms with Gasteiger partial charge in [0.25, 0.3) is 5.56 Å². The second-order valence-corrected chi connectivity index (χ2v) is 4.20. The molecule has 5 heteroatoms. The van der Waals surface area contributed by atoms with Gasteiger partial charge in [0.2, 0.25) is 0 Å². The summed E-state index contributed by atoms with van der Waals surface area (Å²) < 4.78 is 2.85. The molecule has 0 aliphatic rings. The smallest absolute Gasteiger partial charge is 0.302 e. The summed E-state index contributed by atoms with van der Waals surface area (Å²) in [7, 11) is 1.60. The molecule has 2 aromatic rings. The highest BCUT2D eigenvalue weighted by Crippen LogP contribution is 2.04. The molecule has 16 heavy (non-hydrogen) atoms. The van der Waals surface area contributed by atoms with Crippen LogP contribution in [-0.2, 0) is 7.05 Å². The zero-order chi connectivity index (χ0) is 11.7. The number of hydrogen-bond donors (Lipinski definition) is 0. The van der Waals surface area contributed by atoms with Gasteiger partial charge in [0, 0.05) is 13.2 Å². The topological polar surface area (TPSA) is 44.0 Å². The van der Waals surface area contributed by atoms with Crippen molar-refractivity contribution in [2.45, 2.75) is 0 Å². The first-order valence-corrected chi connectivity index (χ1v) is 5.44. The molecule has 0 fully saturated rings. The van der Waals surface area contributed by atoms with E-state index in [1.165, 1.54) is 10.8 Å². The maximum absolute atomic E-state index is 11.8. The second-order valence-electron chi connectivity index (χ2n) is 3.35. The maximum Gasteiger partial charge on any atom is 0.335 e. The van der Waals surface area contributed by atoms with E-state index < -0.39 is 0 Å². The molecule has 0 N–H and O–H groups in total. The van der Waals surface area contributed by atoms with E-state index >= 15 is 0 Å². The van der Waals surface area contributed by atoms with Crippen LogP contribution in [0.3, 0.4) is 0 Å². The van der Waals surface area contributed by atoms with Gasteiger partial charge in [-0.15, -0.1) is 0 Å². The highest BCUT2D eigenvalue weighted by molar-refractivity contribution is 9.10. The minimum atomic E-state index is -0.362. The van der Waals surface area contributed by atoms with Crippen LogP contribution in [0.1, 0.15) is 0 Å². The third-order valence-electron chi connectivity index (χ3n) is 2.22. The molecule has 0 amide bonds. The Balaban J connectivity index is 2.85. The molecule has 82 valence electrons. The molecule has 0 atom stereocenters. The molecule has 0 radical (unpaired) electrons. The van der Waals surface area contributed by atoms with Crippen molar-refractivity contribution in [1.82, 2.24) is 9.13 Å². The Morgan fingerprint density at radius 3 is 2.38 bits per heavy atom. The lowest BCUT2D eigenvalue weighted by Gasteiger charge is -2.07. The third kappa shape index (κ3) is 1.74. The van der Waals surface area contributed by atoms with Crippen molar-refractivity contribution in [3.05, 3.63) is 61.8 Å². The Hall–Kier alpha value is -1.62. The molecule has 1 heterocycles. The number of aryl methyl sites for hydroxylation is 1. The van der Waals surface area contributed by atoms with Crippen molar-refractivity contribution < 1.29 is 0 Å². The van der Waals surface area contributed by atoms with Crippen molar-refractivity contribution >= 4 is 15.9 Å². The predicted octanol–water partition coefficient (Wildman–Crippen LogP) is 1.30. The van der Waals surface area contributed by atoms with Gasteiger partial charge >= 0.3 is 5.69 Å². The lowest BCUT2D eigenvalue weighted by molar-refractivity contribution is 0.732. The standard InChI is InChI=1S/C11H9BrN2O2/c1-13-7-9(12)10(15)14(11(13)16)8-5-3-2-4-6-8/h2-7H,1H3. The summed E-state index contributed by atoms with van der Waals surface area (Å²) in [6.45, 7) is 0. The lowest BCUT2D eigenvalue weighted by Crippen LogP contribution is -2.37. The second kappa shape index (κ2) is 4.09. The van der Waals surface area contributed by atoms with Crippen LogP contribution in [0.5, 0.6) is 0 Å². The summed E-state index contributed by atoms with van der Waals surface area (Å²) in [5.74, 6) is 0. The van der Waals surface area contributed by atoms with Gasteiger partial charge in [0.15, 0.2) is 0 Å². The SMILES string of the molecule is Cn1cc(Br)c(=O)n(-c2ccccc2)c1=O. The van der Waals surface area contributed by atoms with Crippen LogP contribution in [0.25, 0.3) is 5.69 Å². The molecule has 0 spiro atoms. The monoisotopic (exact) mass is 280 g/mol. The summed E-state index contributed by atoms with van der Waals surface area (Å²) in [5.41, 5.74) is -0.150. The summed E-state index contributed by atoms with van der Waals surface area (Å²) in [6.07, 6.45) is 1.46. The average molecular weight is 281 g/mol. The van der Waals surface area contributed by atoms with Crippen molar-refractivity contribution in [3.63, 3.8) is 0 Å². The fourth-order valence-corrected chi connectivity index (χ4v) is 1.92. The van der Waals surface area contributed by atoms with Crippen LogP contribution in [0.2, 0.25) is 0 Å². The van der Waals surface area contributed by atoms with E-state index in [2.05, 4.69) is 15.9 Å². The van der Waals surface area contributed by atoms with Gasteiger partial charge < -0.3 is 4.57 Å². The fourth-order valence-electron chi connectivity index (χ4n) is 1.44. The van der Waals surface area contributed by atoms with Crippen LogP contribution >= 0.6 is 15.9 Å². The summed E-state index contributed by atoms with van der Waals surface area (Å²) in [4.78, 5) is 23.7. The largest absolute Gasteiger partial charge is 0.335 e. The molecule has 1 aromatic carbocycles. The first kappa shape index (κ1) is 10.9. The fraction of sp³-hybridized carbons (Fsp3) is 0.0909. The first-order valence-electron chi connectivity index (χ1n) is 4.65. The van der Waals surface area contributed by atoms with Crippen LogP contribution in [-0.4, -0.2) is 9.13 Å². The van der Waals surface area contributed by atoms with Gasteiger partial charge in [-0.3, -0.25) is 4.79 Å². The van der Waals surface area contributed by atoms with Crippen LogP contribution in [0, 0.1) is 0 Å². The summed E-state index contributed by atoms with van der Waals surface area (Å²) in [5, 5.41) is 0. The molecule has 0 saturated carbocycles. The Morgan fingerprint density at radius 1 is 1.12 bits per heavy atom. The van der Waals surface area contributed by atoms with E-state index in [4.69, 9.17) is 0 Å². The molecular formula is C11H9BrN2O2.